The Morgan fingerprint density at radius 3 is 2.65 bits per heavy atom. The third kappa shape index (κ3) is 1.56. The Morgan fingerprint density at radius 2 is 1.80 bits per heavy atom. The fourth-order valence-electron chi connectivity index (χ4n) is 2.78. The molecule has 4 rings (SSSR count). The second-order valence-corrected chi connectivity index (χ2v) is 5.31. The van der Waals surface area contributed by atoms with Gasteiger partial charge < -0.3 is 4.74 Å². The van der Waals surface area contributed by atoms with E-state index in [1.165, 1.54) is 5.39 Å². The number of fused-ring (bicyclic) bond motifs is 6. The maximum atomic E-state index is 6.09. The van der Waals surface area contributed by atoms with Crippen LogP contribution in [0.4, 0.5) is 0 Å². The summed E-state index contributed by atoms with van der Waals surface area (Å²) >= 11 is 0. The second kappa shape index (κ2) is 3.86. The van der Waals surface area contributed by atoms with Crippen molar-refractivity contribution in [2.75, 3.05) is 0 Å². The van der Waals surface area contributed by atoms with Gasteiger partial charge in [-0.25, -0.2) is 0 Å². The number of ether oxygens (including phenoxy) is 1. The lowest BCUT2D eigenvalue weighted by molar-refractivity contribution is 0.227. The normalized spacial score (nSPS) is 20.9. The standard InChI is InChI=1S/C17H12BNO/c1-17(18)9-8-14-12-6-3-2-5-11(12)13-7-4-10-19-15(13)16(14)20-17/h2-10H,1H3. The lowest BCUT2D eigenvalue weighted by Gasteiger charge is -2.30. The molecule has 2 aromatic carbocycles. The topological polar surface area (TPSA) is 22.1 Å². The van der Waals surface area contributed by atoms with Gasteiger partial charge in [-0.2, -0.15) is 0 Å². The highest BCUT2D eigenvalue weighted by atomic mass is 16.5. The average Bonchev–Trinajstić information content (AvgIpc) is 2.46. The molecule has 0 aliphatic carbocycles. The molecule has 20 heavy (non-hydrogen) atoms. The zero-order chi connectivity index (χ0) is 13.7. The number of rotatable bonds is 0. The number of pyridine rings is 1. The molecule has 0 fully saturated rings. The second-order valence-electron chi connectivity index (χ2n) is 5.31. The van der Waals surface area contributed by atoms with Crippen LogP contribution < -0.4 is 4.74 Å². The van der Waals surface area contributed by atoms with E-state index in [-0.39, 0.29) is 0 Å². The van der Waals surface area contributed by atoms with Gasteiger partial charge in [0.15, 0.2) is 5.75 Å². The molecule has 1 unspecified atom stereocenters. The van der Waals surface area contributed by atoms with Crippen LogP contribution in [0.25, 0.3) is 27.8 Å². The molecule has 0 saturated heterocycles. The van der Waals surface area contributed by atoms with Crippen LogP contribution >= 0.6 is 0 Å². The summed E-state index contributed by atoms with van der Waals surface area (Å²) in [7, 11) is 6.09. The molecule has 0 N–H and O–H groups in total. The first-order valence-corrected chi connectivity index (χ1v) is 6.62. The van der Waals surface area contributed by atoms with E-state index in [2.05, 4.69) is 23.2 Å². The molecule has 0 saturated carbocycles. The van der Waals surface area contributed by atoms with E-state index < -0.39 is 5.50 Å². The lowest BCUT2D eigenvalue weighted by atomic mass is 9.80. The molecule has 1 aromatic heterocycles. The third-order valence-electron chi connectivity index (χ3n) is 3.68. The van der Waals surface area contributed by atoms with Crippen LogP contribution in [0.2, 0.25) is 0 Å². The van der Waals surface area contributed by atoms with E-state index in [0.29, 0.717) is 0 Å². The molecule has 0 bridgehead atoms. The number of benzene rings is 2. The van der Waals surface area contributed by atoms with Gasteiger partial charge in [-0.1, -0.05) is 42.5 Å². The summed E-state index contributed by atoms with van der Waals surface area (Å²) < 4.78 is 5.97. The molecule has 0 spiro atoms. The van der Waals surface area contributed by atoms with Gasteiger partial charge in [-0.05, 0) is 23.8 Å². The van der Waals surface area contributed by atoms with Gasteiger partial charge in [-0.3, -0.25) is 4.98 Å². The minimum Gasteiger partial charge on any atom is -0.491 e. The van der Waals surface area contributed by atoms with Gasteiger partial charge in [0.2, 0.25) is 0 Å². The minimum absolute atomic E-state index is 0.770. The predicted molar refractivity (Wildman–Crippen MR) is 83.1 cm³/mol. The zero-order valence-corrected chi connectivity index (χ0v) is 11.1. The lowest BCUT2D eigenvalue weighted by Crippen LogP contribution is -2.32. The fourth-order valence-corrected chi connectivity index (χ4v) is 2.78. The van der Waals surface area contributed by atoms with Gasteiger partial charge in [0.1, 0.15) is 13.4 Å². The first kappa shape index (κ1) is 11.5. The maximum absolute atomic E-state index is 6.09. The number of aromatic nitrogens is 1. The molecule has 3 heteroatoms. The number of hydrogen-bond acceptors (Lipinski definition) is 2. The molecular formula is C17H12BNO. The van der Waals surface area contributed by atoms with Crippen molar-refractivity contribution < 1.29 is 4.74 Å². The Balaban J connectivity index is 2.24. The van der Waals surface area contributed by atoms with Crippen LogP contribution in [0.1, 0.15) is 12.5 Å². The van der Waals surface area contributed by atoms with Gasteiger partial charge in [-0.15, -0.1) is 0 Å². The molecule has 1 aliphatic rings. The molecule has 2 radical (unpaired) electrons. The van der Waals surface area contributed by atoms with E-state index in [9.17, 15) is 0 Å². The minimum atomic E-state index is -0.792. The van der Waals surface area contributed by atoms with Crippen LogP contribution in [0, 0.1) is 0 Å². The maximum Gasteiger partial charge on any atom is 0.153 e. The summed E-state index contributed by atoms with van der Waals surface area (Å²) in [5.74, 6) is 0.770. The van der Waals surface area contributed by atoms with Crippen LogP contribution in [0.5, 0.6) is 5.75 Å². The Bertz CT molecular complexity index is 867. The summed E-state index contributed by atoms with van der Waals surface area (Å²) in [6, 6.07) is 12.3. The molecule has 2 nitrogen and oxygen atoms in total. The van der Waals surface area contributed by atoms with E-state index in [0.717, 1.165) is 27.6 Å². The van der Waals surface area contributed by atoms with Gasteiger partial charge in [0.05, 0.1) is 5.50 Å². The van der Waals surface area contributed by atoms with E-state index in [1.54, 1.807) is 6.20 Å². The van der Waals surface area contributed by atoms with Crippen molar-refractivity contribution in [3.63, 3.8) is 0 Å². The summed E-state index contributed by atoms with van der Waals surface area (Å²) in [6.07, 6.45) is 5.71. The number of nitrogens with zero attached hydrogens (tertiary/aromatic N) is 1. The first-order chi connectivity index (χ1) is 9.66. The van der Waals surface area contributed by atoms with Crippen LogP contribution in [0.3, 0.4) is 0 Å². The van der Waals surface area contributed by atoms with Gasteiger partial charge >= 0.3 is 0 Å². The molecule has 1 atom stereocenters. The molecule has 1 aliphatic heterocycles. The summed E-state index contributed by atoms with van der Waals surface area (Å²) in [4.78, 5) is 4.50. The fraction of sp³-hybridized carbons (Fsp3) is 0.118. The smallest absolute Gasteiger partial charge is 0.153 e. The SMILES string of the molecule is [B]C1(C)C=Cc2c(c3ncccc3c3ccccc23)O1. The van der Waals surface area contributed by atoms with Gasteiger partial charge in [0.25, 0.3) is 0 Å². The molecule has 0 amide bonds. The van der Waals surface area contributed by atoms with E-state index >= 15 is 0 Å². The van der Waals surface area contributed by atoms with Crippen LogP contribution in [-0.2, 0) is 0 Å². The number of hydrogen-bond donors (Lipinski definition) is 0. The summed E-state index contributed by atoms with van der Waals surface area (Å²) in [6.45, 7) is 1.84. The highest BCUT2D eigenvalue weighted by molar-refractivity contribution is 6.18. The van der Waals surface area contributed by atoms with Gasteiger partial charge in [0, 0.05) is 17.1 Å². The quantitative estimate of drug-likeness (QED) is 0.452. The summed E-state index contributed by atoms with van der Waals surface area (Å²) in [5.41, 5.74) is 1.12. The van der Waals surface area contributed by atoms with Crippen molar-refractivity contribution in [3.8, 4) is 5.75 Å². The summed E-state index contributed by atoms with van der Waals surface area (Å²) in [5, 5.41) is 3.44. The Kier molecular flexibility index (Phi) is 2.22. The van der Waals surface area contributed by atoms with Crippen LogP contribution in [0.15, 0.2) is 48.7 Å². The Labute approximate surface area is 118 Å². The molecule has 94 valence electrons. The third-order valence-corrected chi connectivity index (χ3v) is 3.68. The average molecular weight is 257 g/mol. The van der Waals surface area contributed by atoms with Crippen LogP contribution in [-0.4, -0.2) is 18.3 Å². The Morgan fingerprint density at radius 1 is 1.05 bits per heavy atom. The Hall–Kier alpha value is -2.29. The predicted octanol–water partition coefficient (Wildman–Crippen LogP) is 3.68. The highest BCUT2D eigenvalue weighted by Gasteiger charge is 2.25. The molecular weight excluding hydrogens is 245 g/mol. The van der Waals surface area contributed by atoms with E-state index in [4.69, 9.17) is 12.6 Å². The van der Waals surface area contributed by atoms with Crippen molar-refractivity contribution in [1.29, 1.82) is 0 Å². The first-order valence-electron chi connectivity index (χ1n) is 6.62. The monoisotopic (exact) mass is 257 g/mol. The molecule has 2 heterocycles. The van der Waals surface area contributed by atoms with Crippen molar-refractivity contribution in [3.05, 3.63) is 54.2 Å². The van der Waals surface area contributed by atoms with Crippen molar-refractivity contribution >= 4 is 35.6 Å². The largest absolute Gasteiger partial charge is 0.491 e. The van der Waals surface area contributed by atoms with E-state index in [1.807, 2.05) is 37.3 Å². The zero-order valence-electron chi connectivity index (χ0n) is 11.1. The van der Waals surface area contributed by atoms with Crippen molar-refractivity contribution in [1.82, 2.24) is 4.98 Å². The van der Waals surface area contributed by atoms with Crippen molar-refractivity contribution in [2.24, 2.45) is 0 Å². The highest BCUT2D eigenvalue weighted by Crippen LogP contribution is 2.41. The van der Waals surface area contributed by atoms with Crippen molar-refractivity contribution in [2.45, 2.75) is 12.4 Å². The molecule has 3 aromatic rings.